The van der Waals surface area contributed by atoms with E-state index in [9.17, 15) is 4.79 Å². The lowest BCUT2D eigenvalue weighted by Gasteiger charge is -2.19. The highest BCUT2D eigenvalue weighted by Crippen LogP contribution is 2.12. The highest BCUT2D eigenvalue weighted by molar-refractivity contribution is 5.80. The van der Waals surface area contributed by atoms with E-state index in [4.69, 9.17) is 10.5 Å². The first-order chi connectivity index (χ1) is 8.54. The average Bonchev–Trinajstić information content (AvgIpc) is 2.37. The second-order valence-corrected chi connectivity index (χ2v) is 4.38. The Kier molecular flexibility index (Phi) is 5.65. The van der Waals surface area contributed by atoms with E-state index in [-0.39, 0.29) is 5.91 Å². The van der Waals surface area contributed by atoms with Crippen molar-refractivity contribution in [3.05, 3.63) is 29.8 Å². The monoisotopic (exact) mass is 250 g/mol. The number of benzene rings is 1. The van der Waals surface area contributed by atoms with Crippen LogP contribution in [0, 0.1) is 0 Å². The Morgan fingerprint density at radius 3 is 2.50 bits per heavy atom. The van der Waals surface area contributed by atoms with Crippen LogP contribution in [0.2, 0.25) is 0 Å². The van der Waals surface area contributed by atoms with Crippen molar-refractivity contribution in [1.82, 2.24) is 4.90 Å². The van der Waals surface area contributed by atoms with Crippen LogP contribution in [0.3, 0.4) is 0 Å². The number of nitrogens with two attached hydrogens (primary N) is 1. The third-order valence-corrected chi connectivity index (χ3v) is 2.74. The van der Waals surface area contributed by atoms with E-state index in [1.54, 1.807) is 18.9 Å². The lowest BCUT2D eigenvalue weighted by molar-refractivity contribution is -0.130. The molecule has 0 aromatic heterocycles. The number of carbonyl (C=O) groups is 1. The third-order valence-electron chi connectivity index (χ3n) is 2.74. The largest absolute Gasteiger partial charge is 0.494 e. The van der Waals surface area contributed by atoms with Gasteiger partial charge >= 0.3 is 0 Å². The summed E-state index contributed by atoms with van der Waals surface area (Å²) in [5.41, 5.74) is 6.73. The molecule has 1 rings (SSSR count). The molecule has 4 heteroatoms. The van der Waals surface area contributed by atoms with Crippen molar-refractivity contribution in [2.75, 3.05) is 20.2 Å². The summed E-state index contributed by atoms with van der Waals surface area (Å²) in [6.07, 6.45) is 0.821. The van der Waals surface area contributed by atoms with Crippen LogP contribution in [0.25, 0.3) is 0 Å². The van der Waals surface area contributed by atoms with Crippen LogP contribution in [0.15, 0.2) is 24.3 Å². The van der Waals surface area contributed by atoms with E-state index in [0.717, 1.165) is 12.2 Å². The zero-order valence-corrected chi connectivity index (χ0v) is 11.3. The molecule has 1 aromatic carbocycles. The second-order valence-electron chi connectivity index (χ2n) is 4.38. The van der Waals surface area contributed by atoms with Gasteiger partial charge in [-0.2, -0.15) is 0 Å². The van der Waals surface area contributed by atoms with Gasteiger partial charge in [0.2, 0.25) is 5.91 Å². The van der Waals surface area contributed by atoms with E-state index >= 15 is 0 Å². The molecule has 1 amide bonds. The molecule has 2 N–H and O–H groups in total. The minimum Gasteiger partial charge on any atom is -0.494 e. The van der Waals surface area contributed by atoms with Crippen molar-refractivity contribution in [3.8, 4) is 5.75 Å². The standard InChI is InChI=1S/C14H22N2O2/c1-4-18-13-7-5-12(6-8-13)9-10-16(3)14(17)11(2)15/h5-8,11H,4,9-10,15H2,1-3H3. The van der Waals surface area contributed by atoms with Crippen LogP contribution in [-0.4, -0.2) is 37.0 Å². The Morgan fingerprint density at radius 2 is 2.00 bits per heavy atom. The predicted octanol–water partition coefficient (Wildman–Crippen LogP) is 1.43. The summed E-state index contributed by atoms with van der Waals surface area (Å²) in [5.74, 6) is 0.849. The number of likely N-dealkylation sites (N-methyl/N-ethyl adjacent to an activating group) is 1. The molecule has 1 aromatic rings. The number of nitrogens with zero attached hydrogens (tertiary/aromatic N) is 1. The summed E-state index contributed by atoms with van der Waals surface area (Å²) in [6.45, 7) is 5.01. The molecule has 0 heterocycles. The van der Waals surface area contributed by atoms with Gasteiger partial charge in [0.1, 0.15) is 5.75 Å². The maximum atomic E-state index is 11.6. The normalized spacial score (nSPS) is 12.0. The van der Waals surface area contributed by atoms with Crippen LogP contribution in [0.1, 0.15) is 19.4 Å². The van der Waals surface area contributed by atoms with Crippen molar-refractivity contribution in [1.29, 1.82) is 0 Å². The molecule has 1 unspecified atom stereocenters. The predicted molar refractivity (Wildman–Crippen MR) is 72.6 cm³/mol. The van der Waals surface area contributed by atoms with Crippen LogP contribution in [0.5, 0.6) is 5.75 Å². The zero-order chi connectivity index (χ0) is 13.5. The molecule has 0 aliphatic rings. The molecular weight excluding hydrogens is 228 g/mol. The van der Waals surface area contributed by atoms with E-state index in [1.807, 2.05) is 31.2 Å². The van der Waals surface area contributed by atoms with Crippen LogP contribution in [0.4, 0.5) is 0 Å². The summed E-state index contributed by atoms with van der Waals surface area (Å²) in [7, 11) is 1.78. The first-order valence-electron chi connectivity index (χ1n) is 6.27. The van der Waals surface area contributed by atoms with Crippen molar-refractivity contribution in [2.24, 2.45) is 5.73 Å². The van der Waals surface area contributed by atoms with E-state index in [0.29, 0.717) is 13.2 Å². The second kappa shape index (κ2) is 7.01. The number of rotatable bonds is 6. The van der Waals surface area contributed by atoms with Crippen molar-refractivity contribution < 1.29 is 9.53 Å². The van der Waals surface area contributed by atoms with Crippen LogP contribution < -0.4 is 10.5 Å². The molecule has 0 aliphatic carbocycles. The summed E-state index contributed by atoms with van der Waals surface area (Å²) in [5, 5.41) is 0. The van der Waals surface area contributed by atoms with Crippen molar-refractivity contribution in [3.63, 3.8) is 0 Å². The van der Waals surface area contributed by atoms with E-state index in [2.05, 4.69) is 0 Å². The molecule has 0 bridgehead atoms. The molecule has 100 valence electrons. The maximum absolute atomic E-state index is 11.6. The van der Waals surface area contributed by atoms with Gasteiger partial charge < -0.3 is 15.4 Å². The van der Waals surface area contributed by atoms with Gasteiger partial charge in [-0.3, -0.25) is 4.79 Å². The maximum Gasteiger partial charge on any atom is 0.238 e. The summed E-state index contributed by atoms with van der Waals surface area (Å²) in [6, 6.07) is 7.51. The smallest absolute Gasteiger partial charge is 0.238 e. The van der Waals surface area contributed by atoms with Gasteiger partial charge in [-0.15, -0.1) is 0 Å². The Morgan fingerprint density at radius 1 is 1.39 bits per heavy atom. The molecule has 18 heavy (non-hydrogen) atoms. The molecule has 0 fully saturated rings. The third kappa shape index (κ3) is 4.37. The number of carbonyl (C=O) groups excluding carboxylic acids is 1. The van der Waals surface area contributed by atoms with Crippen molar-refractivity contribution in [2.45, 2.75) is 26.3 Å². The van der Waals surface area contributed by atoms with Gasteiger partial charge in [-0.25, -0.2) is 0 Å². The number of amides is 1. The fourth-order valence-electron chi connectivity index (χ4n) is 1.67. The molecule has 0 radical (unpaired) electrons. The average molecular weight is 250 g/mol. The van der Waals surface area contributed by atoms with Gasteiger partial charge in [0.15, 0.2) is 0 Å². The van der Waals surface area contributed by atoms with Gasteiger partial charge in [-0.05, 0) is 38.0 Å². The molecule has 1 atom stereocenters. The summed E-state index contributed by atoms with van der Waals surface area (Å²) < 4.78 is 5.38. The Hall–Kier alpha value is -1.55. The van der Waals surface area contributed by atoms with Gasteiger partial charge in [0, 0.05) is 13.6 Å². The molecule has 0 aliphatic heterocycles. The quantitative estimate of drug-likeness (QED) is 0.831. The lowest BCUT2D eigenvalue weighted by Crippen LogP contribution is -2.40. The lowest BCUT2D eigenvalue weighted by atomic mass is 10.1. The topological polar surface area (TPSA) is 55.6 Å². The highest BCUT2D eigenvalue weighted by atomic mass is 16.5. The minimum absolute atomic E-state index is 0.0269. The summed E-state index contributed by atoms with van der Waals surface area (Å²) in [4.78, 5) is 13.3. The summed E-state index contributed by atoms with van der Waals surface area (Å²) >= 11 is 0. The van der Waals surface area contributed by atoms with Gasteiger partial charge in [0.25, 0.3) is 0 Å². The number of hydrogen-bond acceptors (Lipinski definition) is 3. The Bertz CT molecular complexity index is 374. The highest BCUT2D eigenvalue weighted by Gasteiger charge is 2.12. The molecular formula is C14H22N2O2. The minimum atomic E-state index is -0.435. The first kappa shape index (κ1) is 14.5. The van der Waals surface area contributed by atoms with Crippen LogP contribution >= 0.6 is 0 Å². The molecule has 4 nitrogen and oxygen atoms in total. The van der Waals surface area contributed by atoms with E-state index in [1.165, 1.54) is 5.56 Å². The Labute approximate surface area is 109 Å². The fraction of sp³-hybridized carbons (Fsp3) is 0.500. The van der Waals surface area contributed by atoms with Crippen LogP contribution in [-0.2, 0) is 11.2 Å². The van der Waals surface area contributed by atoms with Crippen molar-refractivity contribution >= 4 is 5.91 Å². The number of ether oxygens (including phenoxy) is 1. The molecule has 0 saturated heterocycles. The zero-order valence-electron chi connectivity index (χ0n) is 11.3. The number of hydrogen-bond donors (Lipinski definition) is 1. The van der Waals surface area contributed by atoms with Gasteiger partial charge in [-0.1, -0.05) is 12.1 Å². The van der Waals surface area contributed by atoms with Gasteiger partial charge in [0.05, 0.1) is 12.6 Å². The SMILES string of the molecule is CCOc1ccc(CCN(C)C(=O)C(C)N)cc1. The molecule has 0 saturated carbocycles. The fourth-order valence-corrected chi connectivity index (χ4v) is 1.67. The molecule has 0 spiro atoms. The van der Waals surface area contributed by atoms with E-state index < -0.39 is 6.04 Å². The Balaban J connectivity index is 2.46. The first-order valence-corrected chi connectivity index (χ1v) is 6.27.